The highest BCUT2D eigenvalue weighted by molar-refractivity contribution is 7.15. The van der Waals surface area contributed by atoms with Gasteiger partial charge in [0.1, 0.15) is 5.56 Å². The molecule has 0 aliphatic carbocycles. The average Bonchev–Trinajstić information content (AvgIpc) is 3.44. The van der Waals surface area contributed by atoms with Crippen molar-refractivity contribution in [1.82, 2.24) is 29.7 Å². The number of rotatable bonds is 5. The molecule has 0 aliphatic rings. The molecule has 4 heterocycles. The molecule has 4 aromatic rings. The van der Waals surface area contributed by atoms with E-state index in [9.17, 15) is 18.0 Å². The van der Waals surface area contributed by atoms with E-state index in [-0.39, 0.29) is 23.4 Å². The van der Waals surface area contributed by atoms with Crippen molar-refractivity contribution in [2.75, 3.05) is 0 Å². The minimum atomic E-state index is -4.66. The molecular weight excluding hydrogens is 429 g/mol. The number of amides is 1. The Kier molecular flexibility index (Phi) is 5.29. The van der Waals surface area contributed by atoms with Crippen LogP contribution in [0.3, 0.4) is 0 Å². The maximum Gasteiger partial charge on any atom is 0.433 e. The van der Waals surface area contributed by atoms with Crippen LogP contribution in [0.25, 0.3) is 16.2 Å². The summed E-state index contributed by atoms with van der Waals surface area (Å²) in [5.74, 6) is -0.559. The molecule has 11 heteroatoms. The minimum Gasteiger partial charge on any atom is -0.348 e. The first kappa shape index (κ1) is 21.0. The van der Waals surface area contributed by atoms with Gasteiger partial charge in [-0.2, -0.15) is 23.4 Å². The Morgan fingerprint density at radius 2 is 2.00 bits per heavy atom. The van der Waals surface area contributed by atoms with Gasteiger partial charge in [-0.15, -0.1) is 11.3 Å². The van der Waals surface area contributed by atoms with Crippen molar-refractivity contribution >= 4 is 22.9 Å². The summed E-state index contributed by atoms with van der Waals surface area (Å²) in [5.41, 5.74) is 0.688. The molecule has 0 radical (unpaired) electrons. The van der Waals surface area contributed by atoms with E-state index in [0.29, 0.717) is 9.39 Å². The van der Waals surface area contributed by atoms with Crippen LogP contribution in [0.5, 0.6) is 0 Å². The summed E-state index contributed by atoms with van der Waals surface area (Å²) in [6, 6.07) is 4.56. The zero-order valence-electron chi connectivity index (χ0n) is 17.0. The molecular formula is C20H19F3N6OS. The lowest BCUT2D eigenvalue weighted by molar-refractivity contribution is -0.142. The Balaban J connectivity index is 1.74. The average molecular weight is 448 g/mol. The van der Waals surface area contributed by atoms with Gasteiger partial charge in [-0.3, -0.25) is 9.48 Å². The van der Waals surface area contributed by atoms with Gasteiger partial charge in [0.15, 0.2) is 11.3 Å². The first-order chi connectivity index (χ1) is 14.7. The van der Waals surface area contributed by atoms with E-state index in [4.69, 9.17) is 0 Å². The highest BCUT2D eigenvalue weighted by atomic mass is 32.1. The zero-order valence-corrected chi connectivity index (χ0v) is 17.8. The largest absolute Gasteiger partial charge is 0.433 e. The topological polar surface area (TPSA) is 77.1 Å². The second-order valence-electron chi connectivity index (χ2n) is 7.00. The second-order valence-corrected chi connectivity index (χ2v) is 8.17. The van der Waals surface area contributed by atoms with Crippen LogP contribution in [0.2, 0.25) is 0 Å². The fourth-order valence-electron chi connectivity index (χ4n) is 3.15. The highest BCUT2D eigenvalue weighted by Crippen LogP contribution is 2.34. The van der Waals surface area contributed by atoms with Gasteiger partial charge in [0.25, 0.3) is 5.91 Å². The van der Waals surface area contributed by atoms with Crippen molar-refractivity contribution in [3.8, 4) is 10.6 Å². The lowest BCUT2D eigenvalue weighted by Crippen LogP contribution is -2.23. The van der Waals surface area contributed by atoms with E-state index in [1.807, 2.05) is 19.9 Å². The molecule has 0 spiro atoms. The van der Waals surface area contributed by atoms with Gasteiger partial charge in [-0.1, -0.05) is 6.92 Å². The summed E-state index contributed by atoms with van der Waals surface area (Å²) in [6.07, 6.45) is -1.15. The molecule has 0 fully saturated rings. The first-order valence-electron chi connectivity index (χ1n) is 9.49. The Morgan fingerprint density at radius 3 is 2.61 bits per heavy atom. The van der Waals surface area contributed by atoms with Crippen LogP contribution in [0, 0.1) is 6.92 Å². The summed E-state index contributed by atoms with van der Waals surface area (Å²) in [7, 11) is 1.78. The number of carbonyl (C=O) groups is 1. The number of thiophene rings is 1. The van der Waals surface area contributed by atoms with Crippen LogP contribution in [-0.2, 0) is 26.2 Å². The zero-order chi connectivity index (χ0) is 22.3. The van der Waals surface area contributed by atoms with Gasteiger partial charge < -0.3 is 5.32 Å². The van der Waals surface area contributed by atoms with Gasteiger partial charge in [0.2, 0.25) is 0 Å². The molecule has 4 aromatic heterocycles. The van der Waals surface area contributed by atoms with Gasteiger partial charge in [0.05, 0.1) is 23.0 Å². The fourth-order valence-corrected chi connectivity index (χ4v) is 4.05. The molecule has 0 bridgehead atoms. The molecule has 0 saturated heterocycles. The summed E-state index contributed by atoms with van der Waals surface area (Å²) >= 11 is 1.37. The molecule has 1 N–H and O–H groups in total. The van der Waals surface area contributed by atoms with Gasteiger partial charge >= 0.3 is 6.18 Å². The molecule has 0 atom stereocenters. The highest BCUT2D eigenvalue weighted by Gasteiger charge is 2.36. The van der Waals surface area contributed by atoms with Crippen molar-refractivity contribution < 1.29 is 18.0 Å². The van der Waals surface area contributed by atoms with Crippen LogP contribution in [0.15, 0.2) is 30.6 Å². The molecule has 0 aromatic carbocycles. The number of hydrogen-bond donors (Lipinski definition) is 1. The SMILES string of the molecule is CCc1ccc(-c2cc(C(F)(F)F)n3ncc(C(=O)NCc4cnn(C)c4C)c3n2)s1. The molecule has 0 unspecified atom stereocenters. The number of carbonyl (C=O) groups excluding carboxylic acids is 1. The third kappa shape index (κ3) is 3.92. The number of nitrogens with zero attached hydrogens (tertiary/aromatic N) is 5. The second kappa shape index (κ2) is 7.80. The summed E-state index contributed by atoms with van der Waals surface area (Å²) in [6.45, 7) is 4.02. The normalized spacial score (nSPS) is 11.9. The third-order valence-corrected chi connectivity index (χ3v) is 6.30. The van der Waals surface area contributed by atoms with Gasteiger partial charge in [-0.25, -0.2) is 9.50 Å². The smallest absolute Gasteiger partial charge is 0.348 e. The number of aryl methyl sites for hydroxylation is 2. The van der Waals surface area contributed by atoms with Crippen molar-refractivity contribution in [3.63, 3.8) is 0 Å². The lowest BCUT2D eigenvalue weighted by atomic mass is 10.2. The maximum absolute atomic E-state index is 13.7. The number of aromatic nitrogens is 5. The monoisotopic (exact) mass is 448 g/mol. The summed E-state index contributed by atoms with van der Waals surface area (Å²) in [4.78, 5) is 18.8. The van der Waals surface area contributed by atoms with Crippen LogP contribution < -0.4 is 5.32 Å². The van der Waals surface area contributed by atoms with E-state index in [2.05, 4.69) is 20.5 Å². The lowest BCUT2D eigenvalue weighted by Gasteiger charge is -2.11. The minimum absolute atomic E-state index is 0.0267. The number of alkyl halides is 3. The van der Waals surface area contributed by atoms with Crippen LogP contribution in [0.1, 0.15) is 39.1 Å². The van der Waals surface area contributed by atoms with E-state index >= 15 is 0 Å². The van der Waals surface area contributed by atoms with Crippen molar-refractivity contribution in [2.45, 2.75) is 33.0 Å². The number of fused-ring (bicyclic) bond motifs is 1. The molecule has 1 amide bonds. The standard InChI is InChI=1S/C20H19F3N6OS/c1-4-13-5-6-16(31-13)15-7-17(20(21,22)23)29-18(27-15)14(10-26-29)19(30)24-8-12-9-25-28(3)11(12)2/h5-7,9-10H,4,8H2,1-3H3,(H,24,30). The maximum atomic E-state index is 13.7. The molecule has 0 aliphatic heterocycles. The van der Waals surface area contributed by atoms with Crippen molar-refractivity contribution in [3.05, 3.63) is 58.0 Å². The quantitative estimate of drug-likeness (QED) is 0.501. The molecule has 4 rings (SSSR count). The summed E-state index contributed by atoms with van der Waals surface area (Å²) < 4.78 is 43.5. The molecule has 162 valence electrons. The number of halogens is 3. The van der Waals surface area contributed by atoms with E-state index in [1.54, 1.807) is 24.0 Å². The molecule has 0 saturated carbocycles. The Morgan fingerprint density at radius 1 is 1.23 bits per heavy atom. The van der Waals surface area contributed by atoms with Crippen LogP contribution in [-0.4, -0.2) is 30.3 Å². The van der Waals surface area contributed by atoms with Crippen LogP contribution in [0.4, 0.5) is 13.2 Å². The Hall–Kier alpha value is -3.21. The van der Waals surface area contributed by atoms with Gasteiger partial charge in [-0.05, 0) is 31.5 Å². The Bertz CT molecular complexity index is 1270. The predicted octanol–water partition coefficient (Wildman–Crippen LogP) is 4.01. The van der Waals surface area contributed by atoms with E-state index in [1.165, 1.54) is 11.3 Å². The fraction of sp³-hybridized carbons (Fsp3) is 0.300. The first-order valence-corrected chi connectivity index (χ1v) is 10.3. The Labute approximate surface area is 179 Å². The van der Waals surface area contributed by atoms with E-state index in [0.717, 1.165) is 34.8 Å². The molecule has 31 heavy (non-hydrogen) atoms. The predicted molar refractivity (Wildman–Crippen MR) is 110 cm³/mol. The van der Waals surface area contributed by atoms with Crippen LogP contribution >= 0.6 is 11.3 Å². The van der Waals surface area contributed by atoms with Gasteiger partial charge in [0, 0.05) is 29.7 Å². The third-order valence-electron chi connectivity index (χ3n) is 5.05. The summed E-state index contributed by atoms with van der Waals surface area (Å²) in [5, 5.41) is 10.6. The van der Waals surface area contributed by atoms with Crippen molar-refractivity contribution in [2.24, 2.45) is 7.05 Å². The van der Waals surface area contributed by atoms with Crippen molar-refractivity contribution in [1.29, 1.82) is 0 Å². The van der Waals surface area contributed by atoms with E-state index < -0.39 is 17.8 Å². The number of hydrogen-bond acceptors (Lipinski definition) is 5. The molecule has 7 nitrogen and oxygen atoms in total. The number of nitrogens with one attached hydrogen (secondary N) is 1.